The van der Waals surface area contributed by atoms with Crippen molar-refractivity contribution in [3.8, 4) is 0 Å². The monoisotopic (exact) mass is 299 g/mol. The van der Waals surface area contributed by atoms with Crippen molar-refractivity contribution in [3.05, 3.63) is 44.7 Å². The van der Waals surface area contributed by atoms with Crippen molar-refractivity contribution in [3.63, 3.8) is 0 Å². The lowest BCUT2D eigenvalue weighted by molar-refractivity contribution is 0.147. The first-order valence-corrected chi connectivity index (χ1v) is 7.99. The fraction of sp³-hybridized carbons (Fsp3) is 0.500. The largest absolute Gasteiger partial charge is 0.358 e. The molecule has 1 aromatic carbocycles. The van der Waals surface area contributed by atoms with Crippen LogP contribution in [0.25, 0.3) is 10.9 Å². The zero-order chi connectivity index (χ0) is 15.9. The van der Waals surface area contributed by atoms with Crippen molar-refractivity contribution < 1.29 is 0 Å². The lowest BCUT2D eigenvalue weighted by Gasteiger charge is -2.32. The zero-order valence-corrected chi connectivity index (χ0v) is 14.0. The molecule has 4 heteroatoms. The van der Waals surface area contributed by atoms with E-state index in [0.717, 1.165) is 66.0 Å². The van der Waals surface area contributed by atoms with Crippen LogP contribution < -0.4 is 5.43 Å². The van der Waals surface area contributed by atoms with Gasteiger partial charge in [-0.3, -0.25) is 9.69 Å². The van der Waals surface area contributed by atoms with Crippen LogP contribution in [0, 0.1) is 20.8 Å². The Morgan fingerprint density at radius 3 is 2.45 bits per heavy atom. The van der Waals surface area contributed by atoms with Gasteiger partial charge in [-0.25, -0.2) is 0 Å². The van der Waals surface area contributed by atoms with Gasteiger partial charge in [0.2, 0.25) is 0 Å². The van der Waals surface area contributed by atoms with Crippen LogP contribution >= 0.6 is 0 Å². The van der Waals surface area contributed by atoms with Crippen molar-refractivity contribution in [2.45, 2.75) is 27.3 Å². The van der Waals surface area contributed by atoms with Gasteiger partial charge < -0.3 is 9.88 Å². The summed E-state index contributed by atoms with van der Waals surface area (Å²) in [5, 5.41) is 0.826. The number of nitrogens with one attached hydrogen (secondary N) is 1. The first kappa shape index (κ1) is 15.3. The maximum absolute atomic E-state index is 12.9. The molecule has 1 aromatic heterocycles. The minimum atomic E-state index is 0.192. The molecule has 22 heavy (non-hydrogen) atoms. The number of nitrogens with zero attached hydrogens (tertiary/aromatic N) is 2. The summed E-state index contributed by atoms with van der Waals surface area (Å²) in [7, 11) is 2.15. The predicted molar refractivity (Wildman–Crippen MR) is 91.6 cm³/mol. The van der Waals surface area contributed by atoms with Gasteiger partial charge in [0.25, 0.3) is 0 Å². The SMILES string of the molecule is Cc1cc(C)c2[nH]c(C)c(CN3CCN(C)CC3)c(=O)c2c1. The van der Waals surface area contributed by atoms with Crippen molar-refractivity contribution in [1.82, 2.24) is 14.8 Å². The molecule has 1 aliphatic heterocycles. The Morgan fingerprint density at radius 1 is 1.09 bits per heavy atom. The highest BCUT2D eigenvalue weighted by Gasteiger charge is 2.18. The number of hydrogen-bond acceptors (Lipinski definition) is 3. The van der Waals surface area contributed by atoms with Crippen LogP contribution in [-0.4, -0.2) is 48.0 Å². The summed E-state index contributed by atoms with van der Waals surface area (Å²) in [4.78, 5) is 21.1. The summed E-state index contributed by atoms with van der Waals surface area (Å²) in [6.45, 7) is 11.1. The molecule has 2 heterocycles. The number of pyridine rings is 1. The summed E-state index contributed by atoms with van der Waals surface area (Å²) >= 11 is 0. The Labute approximate surface area is 131 Å². The van der Waals surface area contributed by atoms with Crippen molar-refractivity contribution >= 4 is 10.9 Å². The molecular formula is C18H25N3O. The van der Waals surface area contributed by atoms with E-state index in [-0.39, 0.29) is 5.43 Å². The van der Waals surface area contributed by atoms with Gasteiger partial charge in [-0.1, -0.05) is 6.07 Å². The zero-order valence-electron chi connectivity index (χ0n) is 14.0. The molecule has 1 saturated heterocycles. The predicted octanol–water partition coefficient (Wildman–Crippen LogP) is 2.20. The number of aromatic amines is 1. The third-order valence-electron chi connectivity index (χ3n) is 4.74. The van der Waals surface area contributed by atoms with Gasteiger partial charge in [0.1, 0.15) is 0 Å². The third-order valence-corrected chi connectivity index (χ3v) is 4.74. The van der Waals surface area contributed by atoms with Crippen LogP contribution in [0.1, 0.15) is 22.4 Å². The Bertz CT molecular complexity index is 755. The van der Waals surface area contributed by atoms with Crippen LogP contribution in [0.5, 0.6) is 0 Å². The number of rotatable bonds is 2. The fourth-order valence-electron chi connectivity index (χ4n) is 3.33. The van der Waals surface area contributed by atoms with E-state index in [1.165, 1.54) is 0 Å². The summed E-state index contributed by atoms with van der Waals surface area (Å²) in [5.41, 5.74) is 5.38. The molecule has 0 aliphatic carbocycles. The minimum absolute atomic E-state index is 0.192. The molecular weight excluding hydrogens is 274 g/mol. The molecule has 2 aromatic rings. The number of likely N-dealkylation sites (N-methyl/N-ethyl adjacent to an activating group) is 1. The van der Waals surface area contributed by atoms with E-state index in [1.807, 2.05) is 19.9 Å². The number of benzene rings is 1. The summed E-state index contributed by atoms with van der Waals surface area (Å²) in [6, 6.07) is 4.13. The van der Waals surface area contributed by atoms with Gasteiger partial charge in [-0.2, -0.15) is 0 Å². The molecule has 0 radical (unpaired) electrons. The second-order valence-corrected chi connectivity index (χ2v) is 6.64. The first-order valence-electron chi connectivity index (χ1n) is 7.99. The maximum Gasteiger partial charge on any atom is 0.194 e. The topological polar surface area (TPSA) is 39.3 Å². The van der Waals surface area contributed by atoms with Gasteiger partial charge in [0, 0.05) is 49.4 Å². The van der Waals surface area contributed by atoms with Crippen LogP contribution in [0.4, 0.5) is 0 Å². The molecule has 3 rings (SSSR count). The number of aryl methyl sites for hydroxylation is 3. The summed E-state index contributed by atoms with van der Waals surface area (Å²) in [6.07, 6.45) is 0. The Morgan fingerprint density at radius 2 is 1.77 bits per heavy atom. The number of H-pyrrole nitrogens is 1. The molecule has 0 amide bonds. The first-order chi connectivity index (χ1) is 10.5. The molecule has 0 saturated carbocycles. The van der Waals surface area contributed by atoms with E-state index in [9.17, 15) is 4.79 Å². The molecule has 4 nitrogen and oxygen atoms in total. The lowest BCUT2D eigenvalue weighted by Crippen LogP contribution is -2.44. The quantitative estimate of drug-likeness (QED) is 0.924. The van der Waals surface area contributed by atoms with Gasteiger partial charge in [-0.05, 0) is 45.0 Å². The van der Waals surface area contributed by atoms with E-state index in [2.05, 4.69) is 34.8 Å². The standard InChI is InChI=1S/C18H25N3O/c1-12-9-13(2)17-15(10-12)18(22)16(14(3)19-17)11-21-7-5-20(4)6-8-21/h9-10H,5-8,11H2,1-4H3,(H,19,22). The molecule has 1 fully saturated rings. The second kappa shape index (κ2) is 5.86. The number of aromatic nitrogens is 1. The van der Waals surface area contributed by atoms with Gasteiger partial charge in [0.05, 0.1) is 5.52 Å². The van der Waals surface area contributed by atoms with Crippen LogP contribution in [0.2, 0.25) is 0 Å². The summed E-state index contributed by atoms with van der Waals surface area (Å²) < 4.78 is 0. The molecule has 118 valence electrons. The Balaban J connectivity index is 2.01. The van der Waals surface area contributed by atoms with E-state index in [1.54, 1.807) is 0 Å². The number of fused-ring (bicyclic) bond motifs is 1. The third kappa shape index (κ3) is 2.81. The minimum Gasteiger partial charge on any atom is -0.358 e. The highest BCUT2D eigenvalue weighted by Crippen LogP contribution is 2.18. The van der Waals surface area contributed by atoms with Crippen molar-refractivity contribution in [2.24, 2.45) is 0 Å². The Kier molecular flexibility index (Phi) is 4.06. The summed E-state index contributed by atoms with van der Waals surface area (Å²) in [5.74, 6) is 0. The van der Waals surface area contributed by atoms with E-state index in [4.69, 9.17) is 0 Å². The smallest absolute Gasteiger partial charge is 0.194 e. The van der Waals surface area contributed by atoms with Gasteiger partial charge in [0.15, 0.2) is 5.43 Å². The van der Waals surface area contributed by atoms with Gasteiger partial charge in [-0.15, -0.1) is 0 Å². The maximum atomic E-state index is 12.9. The number of hydrogen-bond donors (Lipinski definition) is 1. The highest BCUT2D eigenvalue weighted by atomic mass is 16.1. The van der Waals surface area contributed by atoms with Crippen LogP contribution in [0.3, 0.4) is 0 Å². The molecule has 1 N–H and O–H groups in total. The fourth-order valence-corrected chi connectivity index (χ4v) is 3.33. The Hall–Kier alpha value is -1.65. The highest BCUT2D eigenvalue weighted by molar-refractivity contribution is 5.83. The van der Waals surface area contributed by atoms with Crippen molar-refractivity contribution in [1.29, 1.82) is 0 Å². The number of piperazine rings is 1. The van der Waals surface area contributed by atoms with Crippen molar-refractivity contribution in [2.75, 3.05) is 33.2 Å². The molecule has 0 unspecified atom stereocenters. The average molecular weight is 299 g/mol. The molecule has 0 bridgehead atoms. The lowest BCUT2D eigenvalue weighted by atomic mass is 10.0. The second-order valence-electron chi connectivity index (χ2n) is 6.64. The van der Waals surface area contributed by atoms with Crippen LogP contribution in [-0.2, 0) is 6.54 Å². The van der Waals surface area contributed by atoms with E-state index >= 15 is 0 Å². The molecule has 0 atom stereocenters. The molecule has 0 spiro atoms. The van der Waals surface area contributed by atoms with E-state index < -0.39 is 0 Å². The van der Waals surface area contributed by atoms with Gasteiger partial charge >= 0.3 is 0 Å². The molecule has 1 aliphatic rings. The average Bonchev–Trinajstić information content (AvgIpc) is 2.47. The van der Waals surface area contributed by atoms with E-state index in [0.29, 0.717) is 0 Å². The normalized spacial score (nSPS) is 17.3. The van der Waals surface area contributed by atoms with Crippen LogP contribution in [0.15, 0.2) is 16.9 Å².